The maximum Gasteiger partial charge on any atom is 0.232 e. The Kier molecular flexibility index (Phi) is 2.51. The molecule has 0 spiro atoms. The number of nitrogens with one attached hydrogen (secondary N) is 1. The van der Waals surface area contributed by atoms with E-state index in [1.54, 1.807) is 4.90 Å². The molecule has 17 heavy (non-hydrogen) atoms. The van der Waals surface area contributed by atoms with Crippen molar-refractivity contribution in [3.8, 4) is 0 Å². The van der Waals surface area contributed by atoms with Gasteiger partial charge in [0.15, 0.2) is 0 Å². The van der Waals surface area contributed by atoms with Crippen LogP contribution in [0.15, 0.2) is 0 Å². The molecule has 4 heteroatoms. The van der Waals surface area contributed by atoms with Crippen LogP contribution in [-0.4, -0.2) is 35.3 Å². The molecule has 1 saturated carbocycles. The minimum Gasteiger partial charge on any atom is -0.317 e. The van der Waals surface area contributed by atoms with Crippen molar-refractivity contribution in [2.24, 2.45) is 11.8 Å². The monoisotopic (exact) mass is 236 g/mol. The fourth-order valence-electron chi connectivity index (χ4n) is 3.62. The lowest BCUT2D eigenvalue weighted by Crippen LogP contribution is -2.61. The Hall–Kier alpha value is -0.900. The first-order chi connectivity index (χ1) is 8.12. The Morgan fingerprint density at radius 3 is 2.18 bits per heavy atom. The summed E-state index contributed by atoms with van der Waals surface area (Å²) < 4.78 is 0. The number of rotatable bonds is 1. The Bertz CT molecular complexity index is 338. The predicted molar refractivity (Wildman–Crippen MR) is 63.2 cm³/mol. The molecule has 0 aromatic carbocycles. The molecule has 2 saturated heterocycles. The third-order valence-electron chi connectivity index (χ3n) is 4.79. The molecule has 3 aliphatic rings. The maximum atomic E-state index is 12.4. The highest BCUT2D eigenvalue weighted by molar-refractivity contribution is 6.01. The minimum absolute atomic E-state index is 0.105. The van der Waals surface area contributed by atoms with Gasteiger partial charge >= 0.3 is 0 Å². The van der Waals surface area contributed by atoms with Crippen LogP contribution in [0.4, 0.5) is 0 Å². The molecule has 2 heterocycles. The maximum absolute atomic E-state index is 12.4. The summed E-state index contributed by atoms with van der Waals surface area (Å²) in [5.74, 6) is 0.468. The van der Waals surface area contributed by atoms with Crippen molar-refractivity contribution in [1.29, 1.82) is 0 Å². The van der Waals surface area contributed by atoms with Gasteiger partial charge in [0.2, 0.25) is 11.8 Å². The first-order valence-corrected chi connectivity index (χ1v) is 6.70. The number of nitrogens with zero attached hydrogens (tertiary/aromatic N) is 1. The Morgan fingerprint density at radius 2 is 1.65 bits per heavy atom. The van der Waals surface area contributed by atoms with Crippen molar-refractivity contribution < 1.29 is 9.59 Å². The van der Waals surface area contributed by atoms with E-state index in [1.807, 2.05) is 0 Å². The van der Waals surface area contributed by atoms with Crippen molar-refractivity contribution >= 4 is 11.8 Å². The van der Waals surface area contributed by atoms with Gasteiger partial charge in [0.25, 0.3) is 0 Å². The predicted octanol–water partition coefficient (Wildman–Crippen LogP) is 0.914. The van der Waals surface area contributed by atoms with Crippen LogP contribution in [0, 0.1) is 11.8 Å². The van der Waals surface area contributed by atoms with E-state index in [-0.39, 0.29) is 29.2 Å². The third kappa shape index (κ3) is 1.61. The molecule has 2 atom stereocenters. The average Bonchev–Trinajstić information content (AvgIpc) is 2.74. The number of carbonyl (C=O) groups is 2. The zero-order valence-electron chi connectivity index (χ0n) is 10.4. The number of likely N-dealkylation sites (tertiary alicyclic amines) is 1. The van der Waals surface area contributed by atoms with E-state index < -0.39 is 0 Å². The van der Waals surface area contributed by atoms with Crippen LogP contribution in [0.1, 0.15) is 39.0 Å². The van der Waals surface area contributed by atoms with Gasteiger partial charge in [0, 0.05) is 11.8 Å². The van der Waals surface area contributed by atoms with Gasteiger partial charge in [-0.2, -0.15) is 0 Å². The molecule has 2 bridgehead atoms. The minimum atomic E-state index is -0.235. The molecule has 1 N–H and O–H groups in total. The fraction of sp³-hybridized carbons (Fsp3) is 0.846. The highest BCUT2D eigenvalue weighted by Gasteiger charge is 2.51. The lowest BCUT2D eigenvalue weighted by Gasteiger charge is -2.46. The summed E-state index contributed by atoms with van der Waals surface area (Å²) in [7, 11) is 0. The van der Waals surface area contributed by atoms with Gasteiger partial charge in [-0.1, -0.05) is 0 Å². The highest BCUT2D eigenvalue weighted by atomic mass is 16.2. The van der Waals surface area contributed by atoms with Crippen LogP contribution in [-0.2, 0) is 9.59 Å². The lowest BCUT2D eigenvalue weighted by molar-refractivity contribution is -0.161. The van der Waals surface area contributed by atoms with Gasteiger partial charge in [0.05, 0.1) is 5.54 Å². The third-order valence-corrected chi connectivity index (χ3v) is 4.79. The van der Waals surface area contributed by atoms with E-state index >= 15 is 0 Å². The molecule has 2 amide bonds. The van der Waals surface area contributed by atoms with Crippen molar-refractivity contribution in [1.82, 2.24) is 10.2 Å². The molecule has 0 aromatic rings. The van der Waals surface area contributed by atoms with Gasteiger partial charge in [-0.25, -0.2) is 0 Å². The van der Waals surface area contributed by atoms with Gasteiger partial charge in [0.1, 0.15) is 0 Å². The van der Waals surface area contributed by atoms with E-state index in [1.165, 1.54) is 0 Å². The van der Waals surface area contributed by atoms with Crippen LogP contribution >= 0.6 is 0 Å². The van der Waals surface area contributed by atoms with E-state index in [4.69, 9.17) is 0 Å². The SMILES string of the molecule is CC1(N2C(=O)C3CCC(C3)C2=O)CCNCC1. The number of imide groups is 1. The van der Waals surface area contributed by atoms with Gasteiger partial charge in [-0.15, -0.1) is 0 Å². The Balaban J connectivity index is 1.90. The molecule has 94 valence electrons. The second-order valence-corrected chi connectivity index (χ2v) is 5.97. The van der Waals surface area contributed by atoms with Gasteiger partial charge in [-0.3, -0.25) is 14.5 Å². The first kappa shape index (κ1) is 11.2. The van der Waals surface area contributed by atoms with Crippen LogP contribution in [0.5, 0.6) is 0 Å². The quantitative estimate of drug-likeness (QED) is 0.689. The van der Waals surface area contributed by atoms with Crippen molar-refractivity contribution in [3.05, 3.63) is 0 Å². The summed E-state index contributed by atoms with van der Waals surface area (Å²) in [6, 6.07) is 0. The molecule has 0 aromatic heterocycles. The largest absolute Gasteiger partial charge is 0.317 e. The molecule has 3 rings (SSSR count). The summed E-state index contributed by atoms with van der Waals surface area (Å²) in [5, 5.41) is 3.30. The standard InChI is InChI=1S/C13H20N2O2/c1-13(4-6-14-7-5-13)15-11(16)9-2-3-10(8-9)12(15)17/h9-10,14H,2-8H2,1H3. The van der Waals surface area contributed by atoms with Crippen molar-refractivity contribution in [3.63, 3.8) is 0 Å². The molecule has 0 radical (unpaired) electrons. The van der Waals surface area contributed by atoms with Crippen LogP contribution < -0.4 is 5.32 Å². The number of hydrogen-bond acceptors (Lipinski definition) is 3. The number of hydrogen-bond donors (Lipinski definition) is 1. The van der Waals surface area contributed by atoms with E-state index in [0.717, 1.165) is 45.2 Å². The number of carbonyl (C=O) groups excluding carboxylic acids is 2. The van der Waals surface area contributed by atoms with Crippen molar-refractivity contribution in [2.75, 3.05) is 13.1 Å². The summed E-state index contributed by atoms with van der Waals surface area (Å²) in [5.41, 5.74) is -0.235. The van der Waals surface area contributed by atoms with E-state index in [2.05, 4.69) is 12.2 Å². The highest BCUT2D eigenvalue weighted by Crippen LogP contribution is 2.42. The summed E-state index contributed by atoms with van der Waals surface area (Å²) in [6.07, 6.45) is 4.43. The molecule has 3 fully saturated rings. The molecule has 4 nitrogen and oxygen atoms in total. The molecule has 2 aliphatic heterocycles. The summed E-state index contributed by atoms with van der Waals surface area (Å²) in [4.78, 5) is 26.4. The fourth-order valence-corrected chi connectivity index (χ4v) is 3.62. The second kappa shape index (κ2) is 3.80. The van der Waals surface area contributed by atoms with Crippen LogP contribution in [0.2, 0.25) is 0 Å². The molecular weight excluding hydrogens is 216 g/mol. The number of piperidine rings is 2. The van der Waals surface area contributed by atoms with Gasteiger partial charge < -0.3 is 5.32 Å². The van der Waals surface area contributed by atoms with Gasteiger partial charge in [-0.05, 0) is 52.1 Å². The average molecular weight is 236 g/mol. The van der Waals surface area contributed by atoms with E-state index in [9.17, 15) is 9.59 Å². The van der Waals surface area contributed by atoms with Crippen LogP contribution in [0.25, 0.3) is 0 Å². The second-order valence-electron chi connectivity index (χ2n) is 5.97. The van der Waals surface area contributed by atoms with Crippen LogP contribution in [0.3, 0.4) is 0 Å². The molecule has 2 unspecified atom stereocenters. The zero-order chi connectivity index (χ0) is 12.0. The first-order valence-electron chi connectivity index (χ1n) is 6.70. The topological polar surface area (TPSA) is 49.4 Å². The molecule has 1 aliphatic carbocycles. The zero-order valence-corrected chi connectivity index (χ0v) is 10.4. The summed E-state index contributed by atoms with van der Waals surface area (Å²) >= 11 is 0. The number of fused-ring (bicyclic) bond motifs is 2. The Morgan fingerprint density at radius 1 is 1.12 bits per heavy atom. The smallest absolute Gasteiger partial charge is 0.232 e. The normalized spacial score (nSPS) is 36.4. The number of amides is 2. The Labute approximate surface area is 102 Å². The molecular formula is C13H20N2O2. The summed E-state index contributed by atoms with van der Waals surface area (Å²) in [6.45, 7) is 3.89. The van der Waals surface area contributed by atoms with E-state index in [0.29, 0.717) is 0 Å². The lowest BCUT2D eigenvalue weighted by atomic mass is 9.84. The van der Waals surface area contributed by atoms with Crippen molar-refractivity contribution in [2.45, 2.75) is 44.6 Å².